The molecule has 0 saturated heterocycles. The van der Waals surface area contributed by atoms with Crippen molar-refractivity contribution in [1.29, 1.82) is 0 Å². The van der Waals surface area contributed by atoms with Crippen molar-refractivity contribution in [1.82, 2.24) is 9.97 Å². The second-order valence-electron chi connectivity index (χ2n) is 3.77. The Balaban J connectivity index is 2.12. The van der Waals surface area contributed by atoms with Gasteiger partial charge in [-0.2, -0.15) is 13.2 Å². The smallest absolute Gasteiger partial charge is 0.299 e. The molecule has 3 nitrogen and oxygen atoms in total. The number of hydrogen-bond acceptors (Lipinski definition) is 3. The first-order chi connectivity index (χ1) is 7.47. The van der Waals surface area contributed by atoms with Crippen LogP contribution in [-0.4, -0.2) is 15.8 Å². The number of carbonyl (C=O) groups excluding carboxylic acids is 1. The van der Waals surface area contributed by atoms with E-state index in [1.807, 2.05) is 0 Å². The molecule has 2 rings (SSSR count). The van der Waals surface area contributed by atoms with Crippen LogP contribution in [0.2, 0.25) is 0 Å². The van der Waals surface area contributed by atoms with E-state index in [-0.39, 0.29) is 23.9 Å². The van der Waals surface area contributed by atoms with Gasteiger partial charge in [0.05, 0.1) is 6.42 Å². The molecular formula is C10H9F3N2O. The van der Waals surface area contributed by atoms with E-state index in [2.05, 4.69) is 9.97 Å². The van der Waals surface area contributed by atoms with Crippen LogP contribution < -0.4 is 0 Å². The third kappa shape index (κ3) is 2.56. The number of alkyl halides is 3. The predicted octanol–water partition coefficient (Wildman–Crippen LogP) is 2.02. The van der Waals surface area contributed by atoms with Gasteiger partial charge in [0.25, 0.3) is 0 Å². The number of nitrogens with zero attached hydrogens (tertiary/aromatic N) is 2. The molecule has 0 amide bonds. The fourth-order valence-corrected chi connectivity index (χ4v) is 1.35. The molecule has 1 fully saturated rings. The minimum absolute atomic E-state index is 0.0122. The molecule has 1 aromatic rings. The van der Waals surface area contributed by atoms with Crippen LogP contribution in [-0.2, 0) is 17.4 Å². The molecule has 0 spiro atoms. The summed E-state index contributed by atoms with van der Waals surface area (Å²) in [5.41, 5.74) is -0.999. The van der Waals surface area contributed by atoms with Crippen LogP contribution in [0.4, 0.5) is 13.2 Å². The lowest BCUT2D eigenvalue weighted by Gasteiger charge is -2.06. The lowest BCUT2D eigenvalue weighted by molar-refractivity contribution is -0.141. The zero-order valence-electron chi connectivity index (χ0n) is 8.29. The highest BCUT2D eigenvalue weighted by Crippen LogP contribution is 2.31. The van der Waals surface area contributed by atoms with E-state index in [0.29, 0.717) is 0 Å². The van der Waals surface area contributed by atoms with Gasteiger partial charge in [0.1, 0.15) is 17.3 Å². The summed E-state index contributed by atoms with van der Waals surface area (Å²) < 4.78 is 36.9. The highest BCUT2D eigenvalue weighted by atomic mass is 19.4. The van der Waals surface area contributed by atoms with Crippen molar-refractivity contribution < 1.29 is 18.0 Å². The van der Waals surface area contributed by atoms with E-state index in [4.69, 9.17) is 0 Å². The van der Waals surface area contributed by atoms with Gasteiger partial charge in [-0.15, -0.1) is 0 Å². The molecule has 1 saturated carbocycles. The van der Waals surface area contributed by atoms with E-state index >= 15 is 0 Å². The Morgan fingerprint density at radius 1 is 1.44 bits per heavy atom. The largest absolute Gasteiger partial charge is 0.433 e. The highest BCUT2D eigenvalue weighted by Gasteiger charge is 2.34. The van der Waals surface area contributed by atoms with Crippen LogP contribution in [0.25, 0.3) is 0 Å². The molecule has 1 aromatic heterocycles. The normalized spacial score (nSPS) is 16.2. The molecule has 1 aliphatic rings. The maximum absolute atomic E-state index is 12.3. The summed E-state index contributed by atoms with van der Waals surface area (Å²) in [5.74, 6) is -0.107. The zero-order valence-corrected chi connectivity index (χ0v) is 8.29. The summed E-state index contributed by atoms with van der Waals surface area (Å²) in [6.07, 6.45) is -1.89. The minimum Gasteiger partial charge on any atom is -0.299 e. The molecule has 0 N–H and O–H groups in total. The molecule has 16 heavy (non-hydrogen) atoms. The molecule has 0 atom stereocenters. The van der Waals surface area contributed by atoms with Crippen LogP contribution in [0, 0.1) is 5.92 Å². The molecule has 0 aliphatic heterocycles. The summed E-state index contributed by atoms with van der Waals surface area (Å²) in [6, 6.07) is 0.797. The van der Waals surface area contributed by atoms with Crippen molar-refractivity contribution in [2.75, 3.05) is 0 Å². The van der Waals surface area contributed by atoms with Crippen molar-refractivity contribution in [3.8, 4) is 0 Å². The lowest BCUT2D eigenvalue weighted by Crippen LogP contribution is -2.13. The van der Waals surface area contributed by atoms with E-state index < -0.39 is 11.9 Å². The number of carbonyl (C=O) groups is 1. The number of Topliss-reactive ketones (excluding diaryl/α,β-unsaturated/α-hetero) is 1. The standard InChI is InChI=1S/C10H9F3N2O/c11-10(12,13)8-3-4-14-9(15-8)5-7(16)6-1-2-6/h3-4,6H,1-2,5H2. The van der Waals surface area contributed by atoms with Gasteiger partial charge in [-0.05, 0) is 18.9 Å². The molecule has 6 heteroatoms. The SMILES string of the molecule is O=C(Cc1nccc(C(F)(F)F)n1)C1CC1. The number of halogens is 3. The van der Waals surface area contributed by atoms with Gasteiger partial charge in [0, 0.05) is 12.1 Å². The summed E-state index contributed by atoms with van der Waals surface area (Å²) in [6.45, 7) is 0. The Bertz CT molecular complexity index is 413. The summed E-state index contributed by atoms with van der Waals surface area (Å²) in [5, 5.41) is 0. The Morgan fingerprint density at radius 2 is 2.12 bits per heavy atom. The van der Waals surface area contributed by atoms with E-state index in [9.17, 15) is 18.0 Å². The third-order valence-corrected chi connectivity index (χ3v) is 2.36. The average molecular weight is 230 g/mol. The number of ketones is 1. The van der Waals surface area contributed by atoms with Crippen LogP contribution in [0.3, 0.4) is 0 Å². The topological polar surface area (TPSA) is 42.9 Å². The number of aromatic nitrogens is 2. The van der Waals surface area contributed by atoms with Crippen LogP contribution >= 0.6 is 0 Å². The van der Waals surface area contributed by atoms with Gasteiger partial charge < -0.3 is 0 Å². The molecular weight excluding hydrogens is 221 g/mol. The van der Waals surface area contributed by atoms with E-state index in [1.165, 1.54) is 0 Å². The van der Waals surface area contributed by atoms with Crippen molar-refractivity contribution in [2.24, 2.45) is 5.92 Å². The Hall–Kier alpha value is -1.46. The fraction of sp³-hybridized carbons (Fsp3) is 0.500. The van der Waals surface area contributed by atoms with Crippen molar-refractivity contribution in [3.05, 3.63) is 23.8 Å². The molecule has 1 heterocycles. The number of rotatable bonds is 3. The molecule has 0 aromatic carbocycles. The van der Waals surface area contributed by atoms with Crippen LogP contribution in [0.15, 0.2) is 12.3 Å². The second kappa shape index (κ2) is 3.84. The molecule has 0 bridgehead atoms. The Kier molecular flexibility index (Phi) is 2.65. The summed E-state index contributed by atoms with van der Waals surface area (Å²) in [7, 11) is 0. The third-order valence-electron chi connectivity index (χ3n) is 2.36. The fourth-order valence-electron chi connectivity index (χ4n) is 1.35. The first-order valence-corrected chi connectivity index (χ1v) is 4.88. The minimum atomic E-state index is -4.49. The first-order valence-electron chi connectivity index (χ1n) is 4.88. The van der Waals surface area contributed by atoms with Gasteiger partial charge in [0.15, 0.2) is 0 Å². The Labute approximate surface area is 89.7 Å². The van der Waals surface area contributed by atoms with Crippen molar-refractivity contribution in [2.45, 2.75) is 25.4 Å². The quantitative estimate of drug-likeness (QED) is 0.797. The maximum atomic E-state index is 12.3. The second-order valence-corrected chi connectivity index (χ2v) is 3.77. The van der Waals surface area contributed by atoms with Gasteiger partial charge in [0.2, 0.25) is 0 Å². The van der Waals surface area contributed by atoms with Gasteiger partial charge >= 0.3 is 6.18 Å². The summed E-state index contributed by atoms with van der Waals surface area (Å²) >= 11 is 0. The lowest BCUT2D eigenvalue weighted by atomic mass is 10.2. The molecule has 86 valence electrons. The summed E-state index contributed by atoms with van der Waals surface area (Å²) in [4.78, 5) is 18.4. The molecule has 0 unspecified atom stereocenters. The predicted molar refractivity (Wildman–Crippen MR) is 48.5 cm³/mol. The number of hydrogen-bond donors (Lipinski definition) is 0. The molecule has 1 aliphatic carbocycles. The maximum Gasteiger partial charge on any atom is 0.433 e. The monoisotopic (exact) mass is 230 g/mol. The van der Waals surface area contributed by atoms with Crippen LogP contribution in [0.1, 0.15) is 24.4 Å². The van der Waals surface area contributed by atoms with Crippen molar-refractivity contribution in [3.63, 3.8) is 0 Å². The van der Waals surface area contributed by atoms with Gasteiger partial charge in [-0.3, -0.25) is 4.79 Å². The average Bonchev–Trinajstić information content (AvgIpc) is 2.99. The van der Waals surface area contributed by atoms with E-state index in [0.717, 1.165) is 25.1 Å². The van der Waals surface area contributed by atoms with Gasteiger partial charge in [-0.25, -0.2) is 9.97 Å². The Morgan fingerprint density at radius 3 is 2.69 bits per heavy atom. The van der Waals surface area contributed by atoms with E-state index in [1.54, 1.807) is 0 Å². The van der Waals surface area contributed by atoms with Crippen LogP contribution in [0.5, 0.6) is 0 Å². The molecule has 0 radical (unpaired) electrons. The highest BCUT2D eigenvalue weighted by molar-refractivity contribution is 5.84. The van der Waals surface area contributed by atoms with Crippen molar-refractivity contribution >= 4 is 5.78 Å². The van der Waals surface area contributed by atoms with Gasteiger partial charge in [-0.1, -0.05) is 0 Å². The first kappa shape index (κ1) is 11.0. The zero-order chi connectivity index (χ0) is 11.8.